The number of ketones is 1. The van der Waals surface area contributed by atoms with Gasteiger partial charge in [0.2, 0.25) is 18.1 Å². The van der Waals surface area contributed by atoms with Gasteiger partial charge in [-0.3, -0.25) is 9.59 Å². The number of aliphatic hydroxyl groups is 3. The van der Waals surface area contributed by atoms with Crippen LogP contribution in [0.1, 0.15) is 118 Å². The molecule has 3 saturated heterocycles. The largest absolute Gasteiger partial charge is 0.482 e. The Labute approximate surface area is 396 Å². The number of nitrogens with one attached hydrogen (secondary N) is 1. The third-order valence-electron chi connectivity index (χ3n) is 15.4. The first-order chi connectivity index (χ1) is 32.2. The molecule has 7 heterocycles. The highest BCUT2D eigenvalue weighted by Crippen LogP contribution is 2.73. The van der Waals surface area contributed by atoms with Crippen molar-refractivity contribution in [3.63, 3.8) is 0 Å². The minimum atomic E-state index is -1.61. The molecule has 11 rings (SSSR count). The van der Waals surface area contributed by atoms with Crippen molar-refractivity contribution in [1.82, 2.24) is 20.1 Å². The van der Waals surface area contributed by atoms with Crippen molar-refractivity contribution in [1.29, 1.82) is 0 Å². The van der Waals surface area contributed by atoms with E-state index in [1.54, 1.807) is 31.5 Å². The van der Waals surface area contributed by atoms with Crippen LogP contribution in [-0.2, 0) is 35.0 Å². The predicted octanol–water partition coefficient (Wildman–Crippen LogP) is 5.31. The molecule has 17 nitrogen and oxygen atoms in total. The van der Waals surface area contributed by atoms with Crippen molar-refractivity contribution < 1.29 is 58.1 Å². The van der Waals surface area contributed by atoms with Crippen molar-refractivity contribution in [2.45, 2.75) is 166 Å². The number of fused-ring (bicyclic) bond motifs is 5. The number of ether oxygens (including phenoxy) is 7. The molecule has 1 amide bonds. The van der Waals surface area contributed by atoms with Crippen molar-refractivity contribution in [3.8, 4) is 17.2 Å². The molecule has 1 aromatic heterocycles. The number of aromatic nitrogens is 3. The number of aliphatic hydroxyl groups excluding tert-OH is 3. The monoisotopic (exact) mass is 939 g/mol. The maximum absolute atomic E-state index is 15.7. The van der Waals surface area contributed by atoms with Crippen molar-refractivity contribution in [2.75, 3.05) is 19.8 Å². The zero-order valence-corrected chi connectivity index (χ0v) is 40.6. The van der Waals surface area contributed by atoms with E-state index in [0.717, 1.165) is 12.0 Å². The molecule has 3 aliphatic carbocycles. The fourth-order valence-corrected chi connectivity index (χ4v) is 12.3. The fraction of sp³-hybridized carbons (Fsp3) is 0.627. The van der Waals surface area contributed by atoms with Gasteiger partial charge in [-0.15, -0.1) is 0 Å². The first-order valence-corrected chi connectivity index (χ1v) is 24.0. The Morgan fingerprint density at radius 1 is 1.01 bits per heavy atom. The lowest BCUT2D eigenvalue weighted by atomic mass is 9.44. The zero-order valence-electron chi connectivity index (χ0n) is 40.6. The lowest BCUT2D eigenvalue weighted by molar-refractivity contribution is -0.373. The lowest BCUT2D eigenvalue weighted by Crippen LogP contribution is -2.79. The summed E-state index contributed by atoms with van der Waals surface area (Å²) in [4.78, 5) is 39.0. The molecule has 9 aliphatic rings. The number of carbonyl (C=O) groups is 2. The van der Waals surface area contributed by atoms with Crippen molar-refractivity contribution >= 4 is 29.4 Å². The van der Waals surface area contributed by atoms with Gasteiger partial charge in [0.25, 0.3) is 0 Å². The quantitative estimate of drug-likeness (QED) is 0.157. The van der Waals surface area contributed by atoms with Gasteiger partial charge in [-0.2, -0.15) is 10.1 Å². The van der Waals surface area contributed by atoms with E-state index in [4.69, 9.17) is 38.2 Å². The van der Waals surface area contributed by atoms with Crippen LogP contribution in [0.5, 0.6) is 17.2 Å². The number of amides is 1. The maximum atomic E-state index is 15.7. The Balaban J connectivity index is 1.22. The number of carbonyl (C=O) groups excluding carboxylic acids is 2. The van der Waals surface area contributed by atoms with Crippen LogP contribution in [0.25, 0.3) is 6.08 Å². The maximum Gasteiger partial charge on any atom is 0.248 e. The second-order valence-corrected chi connectivity index (χ2v) is 21.5. The number of benzene rings is 1. The topological polar surface area (TPSA) is 215 Å². The molecular formula is C51H65N5O12. The van der Waals surface area contributed by atoms with Gasteiger partial charge in [0.05, 0.1) is 47.6 Å². The molecule has 0 radical (unpaired) electrons. The highest BCUT2D eigenvalue weighted by Gasteiger charge is 2.86. The first-order valence-electron chi connectivity index (χ1n) is 24.0. The van der Waals surface area contributed by atoms with E-state index in [0.29, 0.717) is 64.7 Å². The van der Waals surface area contributed by atoms with Crippen LogP contribution >= 0.6 is 0 Å². The molecule has 17 heteroatoms. The SMILES string of the molecule is CC(C)=CCCC1(C)C=Cc2c(c(CC=C(C)C)c3c(c2O[C@@H]2O[C@@H]4COC(C)(C)O[C@H]4[C@H](O)[C@H]2O)C2=Nc4ncnn4C4C5CC6C(C)(C)OC(CC=C(C)C(=O)NCCO)(C5=O)C6(O3)C24)O1. The fourth-order valence-electron chi connectivity index (χ4n) is 12.3. The number of hydrogen-bond donors (Lipinski definition) is 4. The number of hydrogen-bond acceptors (Lipinski definition) is 15. The summed E-state index contributed by atoms with van der Waals surface area (Å²) in [6.07, 6.45) is 7.62. The highest BCUT2D eigenvalue weighted by atomic mass is 16.8. The third kappa shape index (κ3) is 7.08. The molecule has 4 N–H and O–H groups in total. The van der Waals surface area contributed by atoms with E-state index in [1.807, 2.05) is 46.8 Å². The summed E-state index contributed by atoms with van der Waals surface area (Å²) in [5.74, 6) is -1.75. The van der Waals surface area contributed by atoms with Gasteiger partial charge in [-0.05, 0) is 107 Å². The van der Waals surface area contributed by atoms with Gasteiger partial charge in [0.15, 0.2) is 22.8 Å². The molecule has 6 aliphatic heterocycles. The smallest absolute Gasteiger partial charge is 0.248 e. The third-order valence-corrected chi connectivity index (χ3v) is 15.4. The molecule has 7 unspecified atom stereocenters. The Hall–Kier alpha value is -4.75. The molecule has 4 bridgehead atoms. The van der Waals surface area contributed by atoms with E-state index in [9.17, 15) is 20.1 Å². The predicted molar refractivity (Wildman–Crippen MR) is 248 cm³/mol. The minimum absolute atomic E-state index is 0.0134. The van der Waals surface area contributed by atoms with E-state index >= 15 is 4.79 Å². The molecule has 68 heavy (non-hydrogen) atoms. The summed E-state index contributed by atoms with van der Waals surface area (Å²) in [6.45, 7) is 19.3. The summed E-state index contributed by atoms with van der Waals surface area (Å²) in [7, 11) is 0. The van der Waals surface area contributed by atoms with Crippen LogP contribution in [-0.4, -0.2) is 126 Å². The van der Waals surface area contributed by atoms with Gasteiger partial charge in [-0.25, -0.2) is 9.67 Å². The van der Waals surface area contributed by atoms with Crippen molar-refractivity contribution in [3.05, 3.63) is 64.0 Å². The molecule has 6 fully saturated rings. The van der Waals surface area contributed by atoms with E-state index < -0.39 is 76.8 Å². The van der Waals surface area contributed by atoms with E-state index in [1.165, 1.54) is 11.9 Å². The Bertz CT molecular complexity index is 2580. The van der Waals surface area contributed by atoms with E-state index in [2.05, 4.69) is 41.4 Å². The summed E-state index contributed by atoms with van der Waals surface area (Å²) >= 11 is 0. The Kier molecular flexibility index (Phi) is 11.3. The molecule has 12 atom stereocenters. The van der Waals surface area contributed by atoms with Gasteiger partial charge >= 0.3 is 0 Å². The van der Waals surface area contributed by atoms with Crippen LogP contribution in [0.3, 0.4) is 0 Å². The summed E-state index contributed by atoms with van der Waals surface area (Å²) < 4.78 is 49.7. The lowest BCUT2D eigenvalue weighted by Gasteiger charge is -2.64. The molecule has 2 aromatic rings. The van der Waals surface area contributed by atoms with Crippen LogP contribution < -0.4 is 19.5 Å². The summed E-state index contributed by atoms with van der Waals surface area (Å²) in [5.41, 5.74) is 0.189. The molecule has 1 spiro atoms. The van der Waals surface area contributed by atoms with Gasteiger partial charge < -0.3 is 53.8 Å². The van der Waals surface area contributed by atoms with E-state index in [-0.39, 0.29) is 49.5 Å². The summed E-state index contributed by atoms with van der Waals surface area (Å²) in [5, 5.41) is 40.5. The Morgan fingerprint density at radius 3 is 2.51 bits per heavy atom. The highest BCUT2D eigenvalue weighted by molar-refractivity contribution is 6.14. The summed E-state index contributed by atoms with van der Waals surface area (Å²) in [6, 6.07) is -0.588. The van der Waals surface area contributed by atoms with Crippen LogP contribution in [0.4, 0.5) is 5.95 Å². The molecule has 3 saturated carbocycles. The average Bonchev–Trinajstić information content (AvgIpc) is 3.81. The van der Waals surface area contributed by atoms with Gasteiger partial charge in [-0.1, -0.05) is 29.4 Å². The van der Waals surface area contributed by atoms with Crippen LogP contribution in [0.15, 0.2) is 52.3 Å². The first kappa shape index (κ1) is 47.0. The van der Waals surface area contributed by atoms with Crippen LogP contribution in [0, 0.1) is 17.8 Å². The zero-order chi connectivity index (χ0) is 48.5. The normalized spacial score (nSPS) is 36.1. The second kappa shape index (κ2) is 16.4. The second-order valence-electron chi connectivity index (χ2n) is 21.5. The number of Topliss-reactive ketones (excluding diaryl/α,β-unsaturated/α-hetero) is 1. The molecule has 366 valence electrons. The standard InChI is InChI=1S/C51H65N5O12/c1-25(2)12-11-17-49(10)18-16-29-39(66-49)28(14-13-26(3)4)41-33(40(29)64-45-38(59)37(58)42-31(63-45)23-62-48(8,9)65-42)35-34-36(56-46(55-35)53-24-54-56)30-22-32-47(6,7)68-50(43(30)60,51(32,34)67-41)19-15-27(5)44(61)52-20-21-57/h12-13,15-16,18,24,30-32,34,36-38,42,45,57-59H,11,14,17,19-23H2,1-10H3,(H,52,61)/t30?,31-,32?,34?,36?,37-,38-,42-,45+,49?,50?,51?/m1/s1. The van der Waals surface area contributed by atoms with Gasteiger partial charge in [0, 0.05) is 35.9 Å². The average molecular weight is 940 g/mol. The number of allylic oxidation sites excluding steroid dienone is 4. The number of nitrogens with zero attached hydrogens (tertiary/aromatic N) is 4. The Morgan fingerprint density at radius 2 is 1.78 bits per heavy atom. The number of aliphatic imine (C=N–C) groups is 1. The van der Waals surface area contributed by atoms with Crippen LogP contribution in [0.2, 0.25) is 0 Å². The number of rotatable bonds is 12. The molecular weight excluding hydrogens is 875 g/mol. The molecule has 1 aromatic carbocycles. The minimum Gasteiger partial charge on any atom is -0.482 e. The van der Waals surface area contributed by atoms with Crippen molar-refractivity contribution in [2.24, 2.45) is 22.7 Å². The van der Waals surface area contributed by atoms with Gasteiger partial charge in [0.1, 0.15) is 53.6 Å².